The van der Waals surface area contributed by atoms with E-state index in [0.717, 1.165) is 5.56 Å². The number of carbonyl (C=O) groups excluding carboxylic acids is 2. The fraction of sp³-hybridized carbons (Fsp3) is 0.300. The van der Waals surface area contributed by atoms with Crippen LogP contribution in [0.25, 0.3) is 0 Å². The molecule has 28 heavy (non-hydrogen) atoms. The second-order valence-corrected chi connectivity index (χ2v) is 10.0. The molecule has 0 radical (unpaired) electrons. The number of sulfone groups is 1. The number of nitrogens with one attached hydrogen (secondary N) is 1. The van der Waals surface area contributed by atoms with E-state index in [-0.39, 0.29) is 29.3 Å². The Labute approximate surface area is 168 Å². The van der Waals surface area contributed by atoms with Crippen molar-refractivity contribution in [1.82, 2.24) is 5.32 Å². The standard InChI is InChI=1S/C20H21NO5S2/c22-19(21-12-15-6-2-1-3-7-15)13-26-20(23)17-8-4-5-9-18(17)27-16-10-11-28(24,25)14-16/h1-9,16H,10-14H2,(H,21,22)/t16-/m1/s1. The third-order valence-electron chi connectivity index (χ3n) is 4.26. The summed E-state index contributed by atoms with van der Waals surface area (Å²) in [7, 11) is -2.99. The Morgan fingerprint density at radius 2 is 1.79 bits per heavy atom. The number of amides is 1. The molecular formula is C20H21NO5S2. The summed E-state index contributed by atoms with van der Waals surface area (Å²) < 4.78 is 28.4. The summed E-state index contributed by atoms with van der Waals surface area (Å²) >= 11 is 1.37. The summed E-state index contributed by atoms with van der Waals surface area (Å²) in [6, 6.07) is 16.3. The molecule has 6 nitrogen and oxygen atoms in total. The highest BCUT2D eigenvalue weighted by Crippen LogP contribution is 2.33. The molecule has 1 saturated heterocycles. The van der Waals surface area contributed by atoms with Crippen LogP contribution in [-0.2, 0) is 25.9 Å². The van der Waals surface area contributed by atoms with Gasteiger partial charge in [-0.25, -0.2) is 13.2 Å². The van der Waals surface area contributed by atoms with Gasteiger partial charge in [0, 0.05) is 16.7 Å². The van der Waals surface area contributed by atoms with Crippen LogP contribution >= 0.6 is 11.8 Å². The van der Waals surface area contributed by atoms with Crippen LogP contribution in [0.1, 0.15) is 22.3 Å². The number of hydrogen-bond acceptors (Lipinski definition) is 6. The average molecular weight is 420 g/mol. The number of benzene rings is 2. The van der Waals surface area contributed by atoms with E-state index in [1.54, 1.807) is 24.3 Å². The molecule has 0 aromatic heterocycles. The lowest BCUT2D eigenvalue weighted by atomic mass is 10.2. The molecule has 1 amide bonds. The van der Waals surface area contributed by atoms with Gasteiger partial charge in [-0.1, -0.05) is 42.5 Å². The topological polar surface area (TPSA) is 89.5 Å². The van der Waals surface area contributed by atoms with Gasteiger partial charge >= 0.3 is 5.97 Å². The molecule has 2 aromatic rings. The van der Waals surface area contributed by atoms with Gasteiger partial charge in [-0.2, -0.15) is 0 Å². The molecule has 1 aliphatic heterocycles. The number of carbonyl (C=O) groups is 2. The first kappa shape index (κ1) is 20.4. The molecular weight excluding hydrogens is 398 g/mol. The van der Waals surface area contributed by atoms with Crippen molar-refractivity contribution in [3.05, 3.63) is 65.7 Å². The third kappa shape index (κ3) is 5.84. The number of ether oxygens (including phenoxy) is 1. The van der Waals surface area contributed by atoms with Crippen LogP contribution in [0.2, 0.25) is 0 Å². The Hall–Kier alpha value is -2.32. The third-order valence-corrected chi connectivity index (χ3v) is 7.58. The lowest BCUT2D eigenvalue weighted by molar-refractivity contribution is -0.124. The summed E-state index contributed by atoms with van der Waals surface area (Å²) in [5.41, 5.74) is 1.29. The second kappa shape index (κ2) is 9.25. The minimum atomic E-state index is -2.99. The summed E-state index contributed by atoms with van der Waals surface area (Å²) in [4.78, 5) is 25.0. The summed E-state index contributed by atoms with van der Waals surface area (Å²) in [6.45, 7) is -0.0116. The van der Waals surface area contributed by atoms with Crippen molar-refractivity contribution in [1.29, 1.82) is 0 Å². The van der Waals surface area contributed by atoms with E-state index >= 15 is 0 Å². The van der Waals surface area contributed by atoms with Gasteiger partial charge in [-0.15, -0.1) is 11.8 Å². The van der Waals surface area contributed by atoms with Crippen molar-refractivity contribution in [3.8, 4) is 0 Å². The highest BCUT2D eigenvalue weighted by atomic mass is 32.2. The Morgan fingerprint density at radius 1 is 1.07 bits per heavy atom. The van der Waals surface area contributed by atoms with Crippen molar-refractivity contribution >= 4 is 33.5 Å². The number of hydrogen-bond donors (Lipinski definition) is 1. The maximum atomic E-state index is 12.4. The van der Waals surface area contributed by atoms with E-state index in [9.17, 15) is 18.0 Å². The van der Waals surface area contributed by atoms with Gasteiger partial charge in [0.15, 0.2) is 16.4 Å². The van der Waals surface area contributed by atoms with Crippen LogP contribution in [-0.4, -0.2) is 43.7 Å². The Morgan fingerprint density at radius 3 is 2.50 bits per heavy atom. The second-order valence-electron chi connectivity index (χ2n) is 6.48. The van der Waals surface area contributed by atoms with Gasteiger partial charge < -0.3 is 10.1 Å². The molecule has 0 aliphatic carbocycles. The predicted molar refractivity (Wildman–Crippen MR) is 108 cm³/mol. The lowest BCUT2D eigenvalue weighted by Crippen LogP contribution is -2.28. The molecule has 1 heterocycles. The van der Waals surface area contributed by atoms with Crippen molar-refractivity contribution in [3.63, 3.8) is 0 Å². The van der Waals surface area contributed by atoms with E-state index in [1.165, 1.54) is 11.8 Å². The van der Waals surface area contributed by atoms with E-state index in [4.69, 9.17) is 4.74 Å². The molecule has 0 unspecified atom stereocenters. The van der Waals surface area contributed by atoms with Crippen molar-refractivity contribution < 1.29 is 22.7 Å². The van der Waals surface area contributed by atoms with Crippen LogP contribution in [0.5, 0.6) is 0 Å². The van der Waals surface area contributed by atoms with Crippen molar-refractivity contribution in [2.24, 2.45) is 0 Å². The van der Waals surface area contributed by atoms with Gasteiger partial charge in [0.2, 0.25) is 0 Å². The first-order valence-corrected chi connectivity index (χ1v) is 11.6. The van der Waals surface area contributed by atoms with E-state index < -0.39 is 15.8 Å². The maximum Gasteiger partial charge on any atom is 0.339 e. The molecule has 1 N–H and O–H groups in total. The molecule has 148 valence electrons. The van der Waals surface area contributed by atoms with E-state index in [1.807, 2.05) is 30.3 Å². The van der Waals surface area contributed by atoms with Gasteiger partial charge in [-0.05, 0) is 24.1 Å². The Bertz CT molecular complexity index is 944. The number of rotatable bonds is 7. The fourth-order valence-electron chi connectivity index (χ4n) is 2.83. The maximum absolute atomic E-state index is 12.4. The van der Waals surface area contributed by atoms with Crippen molar-refractivity contribution in [2.45, 2.75) is 23.1 Å². The molecule has 2 aromatic carbocycles. The Kier molecular flexibility index (Phi) is 6.74. The zero-order valence-corrected chi connectivity index (χ0v) is 16.8. The number of esters is 1. The lowest BCUT2D eigenvalue weighted by Gasteiger charge is -2.12. The largest absolute Gasteiger partial charge is 0.452 e. The normalized spacial score (nSPS) is 17.8. The first-order valence-electron chi connectivity index (χ1n) is 8.87. The highest BCUT2D eigenvalue weighted by Gasteiger charge is 2.29. The molecule has 0 spiro atoms. The van der Waals surface area contributed by atoms with E-state index in [2.05, 4.69) is 5.32 Å². The minimum Gasteiger partial charge on any atom is -0.452 e. The van der Waals surface area contributed by atoms with Crippen LogP contribution in [0.15, 0.2) is 59.5 Å². The van der Waals surface area contributed by atoms with Crippen LogP contribution < -0.4 is 5.32 Å². The molecule has 0 saturated carbocycles. The average Bonchev–Trinajstić information content (AvgIpc) is 3.04. The predicted octanol–water partition coefficient (Wildman–Crippen LogP) is 2.44. The van der Waals surface area contributed by atoms with Gasteiger partial charge in [-0.3, -0.25) is 4.79 Å². The van der Waals surface area contributed by atoms with Crippen LogP contribution in [0.3, 0.4) is 0 Å². The monoisotopic (exact) mass is 419 g/mol. The zero-order valence-electron chi connectivity index (χ0n) is 15.2. The smallest absolute Gasteiger partial charge is 0.339 e. The molecule has 1 fully saturated rings. The molecule has 1 atom stereocenters. The van der Waals surface area contributed by atoms with E-state index in [0.29, 0.717) is 23.4 Å². The van der Waals surface area contributed by atoms with Crippen LogP contribution in [0, 0.1) is 0 Å². The van der Waals surface area contributed by atoms with Gasteiger partial charge in [0.05, 0.1) is 17.1 Å². The Balaban J connectivity index is 1.53. The molecule has 3 rings (SSSR count). The zero-order chi connectivity index (χ0) is 20.0. The summed E-state index contributed by atoms with van der Waals surface area (Å²) in [6.07, 6.45) is 0.568. The SMILES string of the molecule is O=C(COC(=O)c1ccccc1S[C@@H]1CCS(=O)(=O)C1)NCc1ccccc1. The quantitative estimate of drug-likeness (QED) is 0.694. The highest BCUT2D eigenvalue weighted by molar-refractivity contribution is 8.02. The van der Waals surface area contributed by atoms with Gasteiger partial charge in [0.25, 0.3) is 5.91 Å². The molecule has 0 bridgehead atoms. The van der Waals surface area contributed by atoms with Crippen molar-refractivity contribution in [2.75, 3.05) is 18.1 Å². The molecule has 8 heteroatoms. The van der Waals surface area contributed by atoms with Gasteiger partial charge in [0.1, 0.15) is 0 Å². The first-order chi connectivity index (χ1) is 13.4. The minimum absolute atomic E-state index is 0.0758. The fourth-order valence-corrected chi connectivity index (χ4v) is 6.44. The number of thioether (sulfide) groups is 1. The summed E-state index contributed by atoms with van der Waals surface area (Å²) in [5, 5.41) is 2.62. The molecule has 1 aliphatic rings. The van der Waals surface area contributed by atoms with Crippen LogP contribution in [0.4, 0.5) is 0 Å². The summed E-state index contributed by atoms with van der Waals surface area (Å²) in [5.74, 6) is -0.690.